The lowest BCUT2D eigenvalue weighted by atomic mass is 10.2. The molecule has 0 bridgehead atoms. The van der Waals surface area contributed by atoms with E-state index in [1.165, 1.54) is 0 Å². The second-order valence-electron chi connectivity index (χ2n) is 3.03. The number of carbonyl (C=O) groups is 1. The summed E-state index contributed by atoms with van der Waals surface area (Å²) in [4.78, 5) is 13.5. The largest absolute Gasteiger partial charge is 0.396 e. The van der Waals surface area contributed by atoms with Crippen LogP contribution in [0, 0.1) is 0 Å². The molecule has 14 heavy (non-hydrogen) atoms. The van der Waals surface area contributed by atoms with Gasteiger partial charge in [-0.05, 0) is 0 Å². The summed E-state index contributed by atoms with van der Waals surface area (Å²) in [6, 6.07) is 0. The molecule has 0 aliphatic carbocycles. The topological polar surface area (TPSA) is 59.0 Å². The minimum absolute atomic E-state index is 0.0379. The van der Waals surface area contributed by atoms with Crippen molar-refractivity contribution in [1.82, 2.24) is 4.90 Å². The molecule has 6 heteroatoms. The maximum absolute atomic E-state index is 11.7. The molecule has 5 nitrogen and oxygen atoms in total. The Kier molecular flexibility index (Phi) is 5.68. The van der Waals surface area contributed by atoms with E-state index in [2.05, 4.69) is 0 Å². The molecule has 1 amide bonds. The van der Waals surface area contributed by atoms with Gasteiger partial charge >= 0.3 is 0 Å². The second kappa shape index (κ2) is 6.54. The number of halogens is 1. The number of aliphatic hydroxyl groups excluding tert-OH is 1. The summed E-state index contributed by atoms with van der Waals surface area (Å²) in [5.74, 6) is -0.0586. The normalized spacial score (nSPS) is 19.4. The van der Waals surface area contributed by atoms with Crippen LogP contribution >= 0.6 is 23.0 Å². The number of amides is 1. The second-order valence-corrected chi connectivity index (χ2v) is 3.54. The Hall–Kier alpha value is 0.0800. The number of nitrogens with zero attached hydrogens (tertiary/aromatic N) is 1. The number of morpholine rings is 1. The lowest BCUT2D eigenvalue weighted by Crippen LogP contribution is -2.46. The fourth-order valence-electron chi connectivity index (χ4n) is 1.31. The number of hydrogen-bond acceptors (Lipinski definition) is 4. The van der Waals surface area contributed by atoms with Crippen LogP contribution in [0.15, 0.2) is 0 Å². The van der Waals surface area contributed by atoms with E-state index in [0.717, 1.165) is 0 Å². The van der Waals surface area contributed by atoms with Crippen molar-refractivity contribution in [3.8, 4) is 0 Å². The predicted molar refractivity (Wildman–Crippen MR) is 58.0 cm³/mol. The molecular weight excluding hydrogens is 301 g/mol. The van der Waals surface area contributed by atoms with E-state index in [0.29, 0.717) is 32.7 Å². The summed E-state index contributed by atoms with van der Waals surface area (Å²) in [5, 5.41) is 8.74. The molecule has 0 radical (unpaired) electrons. The van der Waals surface area contributed by atoms with Crippen LogP contribution in [0.2, 0.25) is 0 Å². The molecule has 1 atom stereocenters. The molecule has 0 aromatic rings. The molecule has 1 heterocycles. The van der Waals surface area contributed by atoms with Gasteiger partial charge in [0.1, 0.15) is 23.0 Å². The Morgan fingerprint density at radius 3 is 2.71 bits per heavy atom. The van der Waals surface area contributed by atoms with Gasteiger partial charge in [0.15, 0.2) is 6.10 Å². The first kappa shape index (κ1) is 12.2. The summed E-state index contributed by atoms with van der Waals surface area (Å²) in [6.07, 6.45) is -0.183. The van der Waals surface area contributed by atoms with Crippen LogP contribution in [0.25, 0.3) is 0 Å². The van der Waals surface area contributed by atoms with Crippen LogP contribution in [0.3, 0.4) is 0 Å². The Balaban J connectivity index is 2.43. The summed E-state index contributed by atoms with van der Waals surface area (Å²) in [7, 11) is 0. The SMILES string of the molecule is O=C(C(CCO)OI)N1CCOCC1. The fourth-order valence-corrected chi connectivity index (χ4v) is 1.78. The van der Waals surface area contributed by atoms with E-state index < -0.39 is 6.10 Å². The van der Waals surface area contributed by atoms with E-state index in [4.69, 9.17) is 12.9 Å². The third-order valence-corrected chi connectivity index (χ3v) is 2.71. The van der Waals surface area contributed by atoms with Gasteiger partial charge in [0, 0.05) is 26.1 Å². The van der Waals surface area contributed by atoms with E-state index in [1.54, 1.807) is 27.9 Å². The summed E-state index contributed by atoms with van der Waals surface area (Å²) >= 11 is 1.69. The molecule has 1 N–H and O–H groups in total. The Labute approximate surface area is 97.0 Å². The molecular formula is C8H14INO4. The molecule has 1 fully saturated rings. The Bertz CT molecular complexity index is 177. The Morgan fingerprint density at radius 1 is 1.57 bits per heavy atom. The van der Waals surface area contributed by atoms with Crippen molar-refractivity contribution in [2.45, 2.75) is 12.5 Å². The molecule has 0 aromatic heterocycles. The maximum atomic E-state index is 11.7. The van der Waals surface area contributed by atoms with Gasteiger partial charge in [-0.25, -0.2) is 0 Å². The van der Waals surface area contributed by atoms with Crippen molar-refractivity contribution in [3.63, 3.8) is 0 Å². The maximum Gasteiger partial charge on any atom is 0.253 e. The molecule has 1 aliphatic rings. The molecule has 1 saturated heterocycles. The van der Waals surface area contributed by atoms with Crippen molar-refractivity contribution >= 4 is 28.9 Å². The smallest absolute Gasteiger partial charge is 0.253 e. The minimum Gasteiger partial charge on any atom is -0.396 e. The molecule has 82 valence electrons. The van der Waals surface area contributed by atoms with Crippen LogP contribution in [0.4, 0.5) is 0 Å². The standard InChI is InChI=1S/C8H14INO4/c9-14-7(1-4-11)8(12)10-2-5-13-6-3-10/h7,11H,1-6H2. The van der Waals surface area contributed by atoms with Crippen molar-refractivity contribution in [2.24, 2.45) is 0 Å². The first-order valence-corrected chi connectivity index (χ1v) is 5.42. The van der Waals surface area contributed by atoms with Gasteiger partial charge in [-0.2, -0.15) is 0 Å². The molecule has 1 aliphatic heterocycles. The van der Waals surface area contributed by atoms with E-state index in [1.807, 2.05) is 0 Å². The van der Waals surface area contributed by atoms with Gasteiger partial charge in [-0.3, -0.25) is 4.79 Å². The van der Waals surface area contributed by atoms with E-state index in [9.17, 15) is 4.79 Å². The molecule has 1 unspecified atom stereocenters. The molecule has 1 rings (SSSR count). The average molecular weight is 315 g/mol. The van der Waals surface area contributed by atoms with E-state index in [-0.39, 0.29) is 12.5 Å². The first-order chi connectivity index (χ1) is 6.79. The van der Waals surface area contributed by atoms with Crippen molar-refractivity contribution < 1.29 is 17.7 Å². The van der Waals surface area contributed by atoms with Crippen LogP contribution in [0.5, 0.6) is 0 Å². The zero-order chi connectivity index (χ0) is 10.4. The number of carbonyl (C=O) groups excluding carboxylic acids is 1. The highest BCUT2D eigenvalue weighted by atomic mass is 127. The molecule has 0 aromatic carbocycles. The zero-order valence-electron chi connectivity index (χ0n) is 7.82. The number of rotatable bonds is 4. The quantitative estimate of drug-likeness (QED) is 0.740. The highest BCUT2D eigenvalue weighted by Crippen LogP contribution is 2.09. The summed E-state index contributed by atoms with van der Waals surface area (Å²) < 4.78 is 10.1. The number of ether oxygens (including phenoxy) is 1. The van der Waals surface area contributed by atoms with Crippen LogP contribution in [-0.4, -0.2) is 54.9 Å². The van der Waals surface area contributed by atoms with Gasteiger partial charge < -0.3 is 17.8 Å². The molecule has 0 saturated carbocycles. The third-order valence-electron chi connectivity index (χ3n) is 2.10. The number of aliphatic hydroxyl groups is 1. The van der Waals surface area contributed by atoms with Crippen molar-refractivity contribution in [3.05, 3.63) is 0 Å². The monoisotopic (exact) mass is 315 g/mol. The van der Waals surface area contributed by atoms with Crippen LogP contribution in [0.1, 0.15) is 6.42 Å². The van der Waals surface area contributed by atoms with Crippen LogP contribution < -0.4 is 0 Å². The fraction of sp³-hybridized carbons (Fsp3) is 0.875. The third kappa shape index (κ3) is 3.34. The Morgan fingerprint density at radius 2 is 2.21 bits per heavy atom. The van der Waals surface area contributed by atoms with Gasteiger partial charge in [0.25, 0.3) is 5.91 Å². The van der Waals surface area contributed by atoms with Crippen LogP contribution in [-0.2, 0) is 12.6 Å². The highest BCUT2D eigenvalue weighted by molar-refractivity contribution is 14.1. The predicted octanol–water partition coefficient (Wildman–Crippen LogP) is -0.0372. The van der Waals surface area contributed by atoms with Gasteiger partial charge in [-0.15, -0.1) is 0 Å². The minimum atomic E-state index is -0.529. The lowest BCUT2D eigenvalue weighted by molar-refractivity contribution is -0.142. The van der Waals surface area contributed by atoms with Gasteiger partial charge in [0.05, 0.1) is 13.2 Å². The summed E-state index contributed by atoms with van der Waals surface area (Å²) in [6.45, 7) is 2.35. The van der Waals surface area contributed by atoms with Crippen molar-refractivity contribution in [1.29, 1.82) is 0 Å². The van der Waals surface area contributed by atoms with Crippen molar-refractivity contribution in [2.75, 3.05) is 32.9 Å². The van der Waals surface area contributed by atoms with E-state index >= 15 is 0 Å². The van der Waals surface area contributed by atoms with Gasteiger partial charge in [-0.1, -0.05) is 0 Å². The highest BCUT2D eigenvalue weighted by Gasteiger charge is 2.25. The lowest BCUT2D eigenvalue weighted by Gasteiger charge is -2.29. The molecule has 0 spiro atoms. The first-order valence-electron chi connectivity index (χ1n) is 4.54. The number of hydrogen-bond donors (Lipinski definition) is 1. The average Bonchev–Trinajstić information content (AvgIpc) is 2.26. The summed E-state index contributed by atoms with van der Waals surface area (Å²) in [5.41, 5.74) is 0. The van der Waals surface area contributed by atoms with Gasteiger partial charge in [0.2, 0.25) is 0 Å². The zero-order valence-corrected chi connectivity index (χ0v) is 9.97.